The number of hydrogen-bond donors (Lipinski definition) is 4. The van der Waals surface area contributed by atoms with Gasteiger partial charge in [-0.3, -0.25) is 5.32 Å². The van der Waals surface area contributed by atoms with Gasteiger partial charge in [0.25, 0.3) is 0 Å². The molecule has 27 heavy (non-hydrogen) atoms. The minimum atomic E-state index is -0.711. The van der Waals surface area contributed by atoms with Crippen molar-refractivity contribution in [1.29, 1.82) is 10.5 Å². The number of benzene rings is 1. The van der Waals surface area contributed by atoms with Gasteiger partial charge in [0.15, 0.2) is 6.19 Å². The molecule has 1 aromatic carbocycles. The van der Waals surface area contributed by atoms with Crippen molar-refractivity contribution < 1.29 is 4.74 Å². The molecule has 136 valence electrons. The van der Waals surface area contributed by atoms with Crippen LogP contribution in [-0.2, 0) is 0 Å². The Morgan fingerprint density at radius 3 is 2.81 bits per heavy atom. The van der Waals surface area contributed by atoms with Gasteiger partial charge in [-0.2, -0.15) is 10.5 Å². The van der Waals surface area contributed by atoms with Crippen LogP contribution in [0.25, 0.3) is 0 Å². The Morgan fingerprint density at radius 2 is 2.15 bits per heavy atom. The molecule has 2 heterocycles. The summed E-state index contributed by atoms with van der Waals surface area (Å²) < 4.78 is 5.69. The lowest BCUT2D eigenvalue weighted by molar-refractivity contribution is 0.335. The van der Waals surface area contributed by atoms with Crippen LogP contribution < -0.4 is 26.8 Å². The lowest BCUT2D eigenvalue weighted by Gasteiger charge is -2.27. The van der Waals surface area contributed by atoms with Crippen molar-refractivity contribution >= 4 is 34.9 Å². The molecule has 10 heteroatoms. The predicted octanol–water partition coefficient (Wildman–Crippen LogP) is 2.11. The third-order valence-corrected chi connectivity index (χ3v) is 4.16. The summed E-state index contributed by atoms with van der Waals surface area (Å²) in [5, 5.41) is 24.1. The van der Waals surface area contributed by atoms with E-state index < -0.39 is 6.04 Å². The molecular formula is C17H15ClN8O. The molecule has 6 N–H and O–H groups in total. The van der Waals surface area contributed by atoms with E-state index in [4.69, 9.17) is 33.1 Å². The Hall–Kier alpha value is -3.69. The molecule has 0 saturated heterocycles. The maximum Gasteiger partial charge on any atom is 0.211 e. The number of rotatable bonds is 3. The fourth-order valence-electron chi connectivity index (χ4n) is 2.83. The SMILES string of the molecule is CCOc1ccc(Cl)cc1C1N=C(NC#N)Nc2nc(N)c(C#N)c(N)c21. The van der Waals surface area contributed by atoms with E-state index in [2.05, 4.69) is 20.6 Å². The third kappa shape index (κ3) is 3.24. The van der Waals surface area contributed by atoms with E-state index >= 15 is 0 Å². The topological polar surface area (TPSA) is 158 Å². The number of nitriles is 2. The van der Waals surface area contributed by atoms with E-state index in [9.17, 15) is 5.26 Å². The molecule has 1 unspecified atom stereocenters. The maximum absolute atomic E-state index is 9.37. The summed E-state index contributed by atoms with van der Waals surface area (Å²) in [5.74, 6) is 0.987. The van der Waals surface area contributed by atoms with Crippen molar-refractivity contribution in [2.75, 3.05) is 23.4 Å². The highest BCUT2D eigenvalue weighted by Gasteiger charge is 2.31. The van der Waals surface area contributed by atoms with E-state index in [1.807, 2.05) is 13.0 Å². The summed E-state index contributed by atoms with van der Waals surface area (Å²) in [5.41, 5.74) is 13.3. The number of fused-ring (bicyclic) bond motifs is 1. The Bertz CT molecular complexity index is 1020. The summed E-state index contributed by atoms with van der Waals surface area (Å²) in [6, 6.07) is 6.36. The van der Waals surface area contributed by atoms with Gasteiger partial charge in [-0.1, -0.05) is 11.6 Å². The summed E-state index contributed by atoms with van der Waals surface area (Å²) in [6.07, 6.45) is 1.80. The second-order valence-electron chi connectivity index (χ2n) is 5.52. The lowest BCUT2D eigenvalue weighted by Crippen LogP contribution is -2.32. The normalized spacial score (nSPS) is 14.8. The number of nitrogens with one attached hydrogen (secondary N) is 2. The molecule has 1 aliphatic rings. The van der Waals surface area contributed by atoms with Crippen LogP contribution in [0, 0.1) is 22.8 Å². The van der Waals surface area contributed by atoms with E-state index in [-0.39, 0.29) is 23.0 Å². The summed E-state index contributed by atoms with van der Waals surface area (Å²) in [4.78, 5) is 8.71. The number of hydrogen-bond acceptors (Lipinski definition) is 9. The Kier molecular flexibility index (Phi) is 4.88. The van der Waals surface area contributed by atoms with Crippen molar-refractivity contribution in [3.8, 4) is 18.0 Å². The summed E-state index contributed by atoms with van der Waals surface area (Å²) in [6.45, 7) is 2.28. The molecule has 2 aromatic rings. The van der Waals surface area contributed by atoms with Gasteiger partial charge in [-0.05, 0) is 25.1 Å². The second kappa shape index (κ2) is 7.28. The van der Waals surface area contributed by atoms with E-state index in [1.54, 1.807) is 24.4 Å². The average Bonchev–Trinajstić information content (AvgIpc) is 2.63. The monoisotopic (exact) mass is 382 g/mol. The number of guanidine groups is 1. The van der Waals surface area contributed by atoms with Crippen LogP contribution in [-0.4, -0.2) is 17.6 Å². The number of anilines is 3. The third-order valence-electron chi connectivity index (χ3n) is 3.92. The van der Waals surface area contributed by atoms with Crippen LogP contribution in [0.2, 0.25) is 5.02 Å². The van der Waals surface area contributed by atoms with Gasteiger partial charge in [-0.25, -0.2) is 9.98 Å². The summed E-state index contributed by atoms with van der Waals surface area (Å²) in [7, 11) is 0. The van der Waals surface area contributed by atoms with Gasteiger partial charge in [0.2, 0.25) is 5.96 Å². The first kappa shape index (κ1) is 18.1. The number of aliphatic imine (C=N–C) groups is 1. The second-order valence-corrected chi connectivity index (χ2v) is 5.95. The fraction of sp³-hybridized carbons (Fsp3) is 0.176. The maximum atomic E-state index is 9.37. The van der Waals surface area contributed by atoms with Crippen LogP contribution in [0.3, 0.4) is 0 Å². The first-order valence-corrected chi connectivity index (χ1v) is 8.29. The van der Waals surface area contributed by atoms with Gasteiger partial charge in [0.05, 0.1) is 12.3 Å². The standard InChI is InChI=1S/C17H15ClN8O/c1-2-27-11-4-3-8(18)5-9(11)14-12-13(21)10(6-19)15(22)25-16(12)26-17(24-14)23-7-20/h3-5,14H,2H2,1H3,(H6,21,22,23,24,25,26). The summed E-state index contributed by atoms with van der Waals surface area (Å²) >= 11 is 6.18. The van der Waals surface area contributed by atoms with Gasteiger partial charge in [-0.15, -0.1) is 0 Å². The van der Waals surface area contributed by atoms with Gasteiger partial charge >= 0.3 is 0 Å². The molecule has 3 rings (SSSR count). The molecule has 0 amide bonds. The highest BCUT2D eigenvalue weighted by Crippen LogP contribution is 2.43. The van der Waals surface area contributed by atoms with E-state index in [1.165, 1.54) is 0 Å². The fourth-order valence-corrected chi connectivity index (χ4v) is 3.01. The molecule has 0 spiro atoms. The molecule has 0 radical (unpaired) electrons. The van der Waals surface area contributed by atoms with Gasteiger partial charge in [0.1, 0.15) is 35.1 Å². The zero-order chi connectivity index (χ0) is 19.6. The minimum Gasteiger partial charge on any atom is -0.494 e. The Balaban J connectivity index is 2.29. The molecular weight excluding hydrogens is 368 g/mol. The molecule has 0 aliphatic carbocycles. The molecule has 0 saturated carbocycles. The minimum absolute atomic E-state index is 0.0191. The molecule has 9 nitrogen and oxygen atoms in total. The number of nitrogens with zero attached hydrogens (tertiary/aromatic N) is 4. The molecule has 1 atom stereocenters. The number of ether oxygens (including phenoxy) is 1. The van der Waals surface area contributed by atoms with Crippen LogP contribution in [0.5, 0.6) is 5.75 Å². The number of halogens is 1. The number of nitrogens with two attached hydrogens (primary N) is 2. The molecule has 1 aromatic heterocycles. The number of aromatic nitrogens is 1. The van der Waals surface area contributed by atoms with Gasteiger partial charge < -0.3 is 21.5 Å². The lowest BCUT2D eigenvalue weighted by atomic mass is 9.94. The van der Waals surface area contributed by atoms with Crippen molar-refractivity contribution in [2.45, 2.75) is 13.0 Å². The zero-order valence-electron chi connectivity index (χ0n) is 14.2. The quantitative estimate of drug-likeness (QED) is 0.464. The van der Waals surface area contributed by atoms with Crippen molar-refractivity contribution in [3.63, 3.8) is 0 Å². The largest absolute Gasteiger partial charge is 0.494 e. The predicted molar refractivity (Wildman–Crippen MR) is 102 cm³/mol. The molecule has 0 bridgehead atoms. The Labute approximate surface area is 160 Å². The van der Waals surface area contributed by atoms with Gasteiger partial charge in [0, 0.05) is 16.1 Å². The number of pyridine rings is 1. The van der Waals surface area contributed by atoms with Crippen molar-refractivity contribution in [1.82, 2.24) is 10.3 Å². The van der Waals surface area contributed by atoms with Crippen LogP contribution in [0.1, 0.15) is 29.7 Å². The van der Waals surface area contributed by atoms with Crippen LogP contribution in [0.15, 0.2) is 23.2 Å². The highest BCUT2D eigenvalue weighted by atomic mass is 35.5. The first-order valence-electron chi connectivity index (χ1n) is 7.91. The van der Waals surface area contributed by atoms with Crippen LogP contribution in [0.4, 0.5) is 17.3 Å². The molecule has 1 aliphatic heterocycles. The van der Waals surface area contributed by atoms with E-state index in [0.29, 0.717) is 34.3 Å². The van der Waals surface area contributed by atoms with E-state index in [0.717, 1.165) is 0 Å². The number of nitrogen functional groups attached to an aromatic ring is 2. The highest BCUT2D eigenvalue weighted by molar-refractivity contribution is 6.30. The first-order chi connectivity index (χ1) is 13.0. The van der Waals surface area contributed by atoms with Crippen LogP contribution >= 0.6 is 11.6 Å². The zero-order valence-corrected chi connectivity index (χ0v) is 15.0. The Morgan fingerprint density at radius 1 is 1.37 bits per heavy atom. The average molecular weight is 383 g/mol. The van der Waals surface area contributed by atoms with Crippen molar-refractivity contribution in [3.05, 3.63) is 39.9 Å². The molecule has 0 fully saturated rings. The smallest absolute Gasteiger partial charge is 0.211 e. The van der Waals surface area contributed by atoms with Crippen molar-refractivity contribution in [2.24, 2.45) is 4.99 Å².